The van der Waals surface area contributed by atoms with Crippen molar-refractivity contribution >= 4 is 5.91 Å². The van der Waals surface area contributed by atoms with Gasteiger partial charge in [0.05, 0.1) is 6.10 Å². The molecule has 23 heavy (non-hydrogen) atoms. The van der Waals surface area contributed by atoms with E-state index in [2.05, 4.69) is 17.4 Å². The van der Waals surface area contributed by atoms with E-state index in [0.29, 0.717) is 12.0 Å². The Morgan fingerprint density at radius 2 is 1.96 bits per heavy atom. The molecule has 4 heteroatoms. The molecule has 2 aliphatic heterocycles. The molecule has 3 rings (SSSR count). The van der Waals surface area contributed by atoms with Crippen LogP contribution in [-0.4, -0.2) is 49.7 Å². The molecular weight excluding hydrogens is 288 g/mol. The Hall–Kier alpha value is -1.39. The zero-order valence-electron chi connectivity index (χ0n) is 14.1. The van der Waals surface area contributed by atoms with Crippen molar-refractivity contribution in [2.75, 3.05) is 32.8 Å². The van der Waals surface area contributed by atoms with Crippen LogP contribution in [0.2, 0.25) is 0 Å². The van der Waals surface area contributed by atoms with Crippen molar-refractivity contribution in [2.45, 2.75) is 44.6 Å². The van der Waals surface area contributed by atoms with Crippen molar-refractivity contribution in [3.05, 3.63) is 35.4 Å². The van der Waals surface area contributed by atoms with Gasteiger partial charge in [-0.3, -0.25) is 4.79 Å². The molecule has 1 aromatic rings. The lowest BCUT2D eigenvalue weighted by molar-refractivity contribution is 0.0146. The lowest BCUT2D eigenvalue weighted by Crippen LogP contribution is -2.40. The number of nitrogens with one attached hydrogen (secondary N) is 1. The minimum Gasteiger partial charge on any atom is -0.378 e. The van der Waals surface area contributed by atoms with E-state index < -0.39 is 0 Å². The molecule has 0 aliphatic carbocycles. The standard InChI is InChI=1S/C19H28N2O2/c1-2-23-18-9-12-21(13-10-18)19(22)16-7-5-15(6-8-16)17-4-3-11-20-14-17/h5-8,17-18,20H,2-4,9-14H2,1H3/t17-/m1/s1. The first-order valence-electron chi connectivity index (χ1n) is 8.99. The van der Waals surface area contributed by atoms with Gasteiger partial charge in [0.2, 0.25) is 0 Å². The second-order valence-corrected chi connectivity index (χ2v) is 6.61. The van der Waals surface area contributed by atoms with Crippen molar-refractivity contribution in [2.24, 2.45) is 0 Å². The van der Waals surface area contributed by atoms with Crippen molar-refractivity contribution in [3.63, 3.8) is 0 Å². The van der Waals surface area contributed by atoms with E-state index in [0.717, 1.165) is 51.2 Å². The number of carbonyl (C=O) groups excluding carboxylic acids is 1. The quantitative estimate of drug-likeness (QED) is 0.929. The first kappa shape index (κ1) is 16.5. The monoisotopic (exact) mass is 316 g/mol. The van der Waals surface area contributed by atoms with Gasteiger partial charge in [-0.25, -0.2) is 0 Å². The summed E-state index contributed by atoms with van der Waals surface area (Å²) in [6.07, 6.45) is 4.70. The van der Waals surface area contributed by atoms with E-state index >= 15 is 0 Å². The molecule has 2 fully saturated rings. The second-order valence-electron chi connectivity index (χ2n) is 6.61. The molecule has 4 nitrogen and oxygen atoms in total. The molecule has 0 unspecified atom stereocenters. The van der Waals surface area contributed by atoms with Crippen LogP contribution in [0.4, 0.5) is 0 Å². The molecule has 2 aliphatic rings. The van der Waals surface area contributed by atoms with Crippen LogP contribution in [0.25, 0.3) is 0 Å². The lowest BCUT2D eigenvalue weighted by atomic mass is 9.91. The van der Waals surface area contributed by atoms with Crippen LogP contribution in [0.5, 0.6) is 0 Å². The van der Waals surface area contributed by atoms with E-state index in [1.807, 2.05) is 24.0 Å². The molecule has 1 atom stereocenters. The van der Waals surface area contributed by atoms with Crippen LogP contribution in [0.1, 0.15) is 54.4 Å². The highest BCUT2D eigenvalue weighted by atomic mass is 16.5. The van der Waals surface area contributed by atoms with E-state index in [4.69, 9.17) is 4.74 Å². The van der Waals surface area contributed by atoms with Gasteiger partial charge >= 0.3 is 0 Å². The van der Waals surface area contributed by atoms with Gasteiger partial charge in [-0.1, -0.05) is 12.1 Å². The van der Waals surface area contributed by atoms with E-state index in [-0.39, 0.29) is 5.91 Å². The van der Waals surface area contributed by atoms with Crippen molar-refractivity contribution < 1.29 is 9.53 Å². The second kappa shape index (κ2) is 7.93. The number of carbonyl (C=O) groups is 1. The molecule has 1 N–H and O–H groups in total. The number of likely N-dealkylation sites (tertiary alicyclic amines) is 1. The van der Waals surface area contributed by atoms with Gasteiger partial charge < -0.3 is 15.0 Å². The Morgan fingerprint density at radius 1 is 1.22 bits per heavy atom. The number of benzene rings is 1. The number of amides is 1. The van der Waals surface area contributed by atoms with Gasteiger partial charge in [0.1, 0.15) is 0 Å². The maximum Gasteiger partial charge on any atom is 0.253 e. The number of ether oxygens (including phenoxy) is 1. The first-order valence-corrected chi connectivity index (χ1v) is 8.99. The Morgan fingerprint density at radius 3 is 2.57 bits per heavy atom. The van der Waals surface area contributed by atoms with Crippen molar-refractivity contribution in [1.29, 1.82) is 0 Å². The maximum atomic E-state index is 12.6. The average Bonchev–Trinajstić information content (AvgIpc) is 2.63. The molecule has 0 aromatic heterocycles. The predicted molar refractivity (Wildman–Crippen MR) is 91.8 cm³/mol. The molecule has 126 valence electrons. The van der Waals surface area contributed by atoms with Crippen LogP contribution < -0.4 is 5.32 Å². The number of nitrogens with zero attached hydrogens (tertiary/aromatic N) is 1. The molecule has 0 spiro atoms. The third-order valence-corrected chi connectivity index (χ3v) is 5.06. The summed E-state index contributed by atoms with van der Waals surface area (Å²) in [5, 5.41) is 3.45. The number of hydrogen-bond donors (Lipinski definition) is 1. The Bertz CT molecular complexity index is 501. The SMILES string of the molecule is CCOC1CCN(C(=O)c2ccc([C@@H]3CCCNC3)cc2)CC1. The van der Waals surface area contributed by atoms with Crippen LogP contribution >= 0.6 is 0 Å². The smallest absolute Gasteiger partial charge is 0.253 e. The zero-order valence-corrected chi connectivity index (χ0v) is 14.1. The molecule has 1 amide bonds. The van der Waals surface area contributed by atoms with Gasteiger partial charge in [0.15, 0.2) is 0 Å². The van der Waals surface area contributed by atoms with Crippen molar-refractivity contribution in [3.8, 4) is 0 Å². The molecule has 0 bridgehead atoms. The molecule has 2 heterocycles. The molecule has 0 radical (unpaired) electrons. The fraction of sp³-hybridized carbons (Fsp3) is 0.632. The number of rotatable bonds is 4. The largest absolute Gasteiger partial charge is 0.378 e. The summed E-state index contributed by atoms with van der Waals surface area (Å²) in [5.41, 5.74) is 2.16. The number of piperidine rings is 2. The minimum absolute atomic E-state index is 0.160. The van der Waals surface area contributed by atoms with Gasteiger partial charge in [-0.2, -0.15) is 0 Å². The van der Waals surface area contributed by atoms with E-state index in [9.17, 15) is 4.79 Å². The normalized spacial score (nSPS) is 23.0. The van der Waals surface area contributed by atoms with Gasteiger partial charge in [0, 0.05) is 31.8 Å². The maximum absolute atomic E-state index is 12.6. The van der Waals surface area contributed by atoms with Gasteiger partial charge in [-0.05, 0) is 62.8 Å². The highest BCUT2D eigenvalue weighted by molar-refractivity contribution is 5.94. The highest BCUT2D eigenvalue weighted by Gasteiger charge is 2.24. The Kier molecular flexibility index (Phi) is 5.68. The molecule has 0 saturated carbocycles. The van der Waals surface area contributed by atoms with Crippen LogP contribution in [0.3, 0.4) is 0 Å². The topological polar surface area (TPSA) is 41.6 Å². The average molecular weight is 316 g/mol. The van der Waals surface area contributed by atoms with Crippen LogP contribution in [0, 0.1) is 0 Å². The summed E-state index contributed by atoms with van der Waals surface area (Å²) in [5.74, 6) is 0.753. The zero-order chi connectivity index (χ0) is 16.1. The number of hydrogen-bond acceptors (Lipinski definition) is 3. The summed E-state index contributed by atoms with van der Waals surface area (Å²) in [6.45, 7) is 6.58. The molecule has 2 saturated heterocycles. The first-order chi connectivity index (χ1) is 11.3. The summed E-state index contributed by atoms with van der Waals surface area (Å²) in [7, 11) is 0. The highest BCUT2D eigenvalue weighted by Crippen LogP contribution is 2.24. The Labute approximate surface area is 139 Å². The molecule has 1 aromatic carbocycles. The van der Waals surface area contributed by atoms with E-state index in [1.54, 1.807) is 0 Å². The summed E-state index contributed by atoms with van der Waals surface area (Å²) < 4.78 is 5.66. The third-order valence-electron chi connectivity index (χ3n) is 5.06. The van der Waals surface area contributed by atoms with Gasteiger partial charge in [-0.15, -0.1) is 0 Å². The van der Waals surface area contributed by atoms with E-state index in [1.165, 1.54) is 18.4 Å². The van der Waals surface area contributed by atoms with Gasteiger partial charge in [0.25, 0.3) is 5.91 Å². The predicted octanol–water partition coefficient (Wildman–Crippen LogP) is 2.79. The lowest BCUT2D eigenvalue weighted by Gasteiger charge is -2.32. The third kappa shape index (κ3) is 4.12. The summed E-state index contributed by atoms with van der Waals surface area (Å²) >= 11 is 0. The minimum atomic E-state index is 0.160. The fourth-order valence-electron chi connectivity index (χ4n) is 3.68. The Balaban J connectivity index is 1.57. The molecular formula is C19H28N2O2. The van der Waals surface area contributed by atoms with Crippen LogP contribution in [-0.2, 0) is 4.74 Å². The van der Waals surface area contributed by atoms with Crippen LogP contribution in [0.15, 0.2) is 24.3 Å². The van der Waals surface area contributed by atoms with Crippen molar-refractivity contribution in [1.82, 2.24) is 10.2 Å². The summed E-state index contributed by atoms with van der Waals surface area (Å²) in [4.78, 5) is 14.6. The fourth-order valence-corrected chi connectivity index (χ4v) is 3.68. The summed E-state index contributed by atoms with van der Waals surface area (Å²) in [6, 6.07) is 8.28.